The topological polar surface area (TPSA) is 28.2 Å². The highest BCUT2D eigenvalue weighted by molar-refractivity contribution is 5.12. The summed E-state index contributed by atoms with van der Waals surface area (Å²) in [6, 6.07) is 5.66. The first kappa shape index (κ1) is 15.1. The Morgan fingerprint density at radius 2 is 1.83 bits per heavy atom. The molecule has 3 nitrogen and oxygen atoms in total. The van der Waals surface area contributed by atoms with Crippen molar-refractivity contribution in [1.29, 1.82) is 0 Å². The minimum Gasteiger partial charge on any atom is -0.309 e. The van der Waals surface area contributed by atoms with Crippen molar-refractivity contribution < 1.29 is 0 Å². The molecule has 1 aromatic heterocycles. The molecule has 0 fully saturated rings. The lowest BCUT2D eigenvalue weighted by Crippen LogP contribution is -2.41. The molecule has 0 saturated carbocycles. The Kier molecular flexibility index (Phi) is 6.30. The molecule has 3 heteroatoms. The summed E-state index contributed by atoms with van der Waals surface area (Å²) in [5, 5.41) is 3.56. The van der Waals surface area contributed by atoms with Crippen LogP contribution in [-0.2, 0) is 0 Å². The average Bonchev–Trinajstić information content (AvgIpc) is 2.34. The highest BCUT2D eigenvalue weighted by Gasteiger charge is 2.13. The molecule has 1 aromatic rings. The van der Waals surface area contributed by atoms with E-state index in [0.717, 1.165) is 13.1 Å². The maximum Gasteiger partial charge on any atom is 0.0315 e. The van der Waals surface area contributed by atoms with Gasteiger partial charge < -0.3 is 5.32 Å². The fourth-order valence-electron chi connectivity index (χ4n) is 2.27. The number of hydrogen-bond acceptors (Lipinski definition) is 3. The van der Waals surface area contributed by atoms with Gasteiger partial charge in [0.1, 0.15) is 0 Å². The van der Waals surface area contributed by atoms with Crippen LogP contribution in [0.4, 0.5) is 0 Å². The largest absolute Gasteiger partial charge is 0.309 e. The van der Waals surface area contributed by atoms with Gasteiger partial charge in [-0.25, -0.2) is 0 Å². The SMILES string of the molecule is CC(NCCN(C(C)C)C(C)C)c1cccnc1. The molecular weight excluding hydrogens is 222 g/mol. The van der Waals surface area contributed by atoms with Gasteiger partial charge >= 0.3 is 0 Å². The summed E-state index contributed by atoms with van der Waals surface area (Å²) in [6.07, 6.45) is 3.75. The first-order valence-corrected chi connectivity index (χ1v) is 6.91. The molecule has 0 amide bonds. The predicted octanol–water partition coefficient (Wildman–Crippen LogP) is 2.85. The molecule has 0 bridgehead atoms. The Hall–Kier alpha value is -0.930. The van der Waals surface area contributed by atoms with E-state index in [0.29, 0.717) is 18.1 Å². The number of pyridine rings is 1. The minimum absolute atomic E-state index is 0.361. The van der Waals surface area contributed by atoms with Crippen molar-refractivity contribution in [3.8, 4) is 0 Å². The zero-order valence-electron chi connectivity index (χ0n) is 12.4. The highest BCUT2D eigenvalue weighted by Crippen LogP contribution is 2.10. The van der Waals surface area contributed by atoms with Crippen molar-refractivity contribution in [2.75, 3.05) is 13.1 Å². The summed E-state index contributed by atoms with van der Waals surface area (Å²) >= 11 is 0. The van der Waals surface area contributed by atoms with Gasteiger partial charge in [0.05, 0.1) is 0 Å². The summed E-state index contributed by atoms with van der Waals surface area (Å²) in [5.41, 5.74) is 1.25. The van der Waals surface area contributed by atoms with E-state index < -0.39 is 0 Å². The molecule has 0 aliphatic heterocycles. The monoisotopic (exact) mass is 249 g/mol. The van der Waals surface area contributed by atoms with E-state index in [4.69, 9.17) is 0 Å². The van der Waals surface area contributed by atoms with Crippen molar-refractivity contribution in [2.45, 2.75) is 52.7 Å². The molecule has 18 heavy (non-hydrogen) atoms. The Morgan fingerprint density at radius 3 is 2.33 bits per heavy atom. The number of nitrogens with zero attached hydrogens (tertiary/aromatic N) is 2. The third-order valence-electron chi connectivity index (χ3n) is 3.33. The van der Waals surface area contributed by atoms with Gasteiger partial charge in [0, 0.05) is 43.6 Å². The summed E-state index contributed by atoms with van der Waals surface area (Å²) in [4.78, 5) is 6.66. The second kappa shape index (κ2) is 7.49. The van der Waals surface area contributed by atoms with E-state index in [1.54, 1.807) is 0 Å². The van der Waals surface area contributed by atoms with Crippen molar-refractivity contribution in [2.24, 2.45) is 0 Å². The molecule has 0 radical (unpaired) electrons. The van der Waals surface area contributed by atoms with Crippen LogP contribution >= 0.6 is 0 Å². The van der Waals surface area contributed by atoms with Crippen LogP contribution in [0.2, 0.25) is 0 Å². The van der Waals surface area contributed by atoms with Gasteiger partial charge in [-0.15, -0.1) is 0 Å². The van der Waals surface area contributed by atoms with Gasteiger partial charge in [-0.3, -0.25) is 9.88 Å². The van der Waals surface area contributed by atoms with E-state index in [1.807, 2.05) is 18.5 Å². The number of hydrogen-bond donors (Lipinski definition) is 1. The molecule has 0 saturated heterocycles. The lowest BCUT2D eigenvalue weighted by molar-refractivity contribution is 0.174. The van der Waals surface area contributed by atoms with E-state index in [-0.39, 0.29) is 0 Å². The molecule has 1 N–H and O–H groups in total. The fraction of sp³-hybridized carbons (Fsp3) is 0.667. The predicted molar refractivity (Wildman–Crippen MR) is 77.6 cm³/mol. The van der Waals surface area contributed by atoms with Crippen molar-refractivity contribution >= 4 is 0 Å². The van der Waals surface area contributed by atoms with Crippen LogP contribution in [0.15, 0.2) is 24.5 Å². The number of aromatic nitrogens is 1. The summed E-state index contributed by atoms with van der Waals surface area (Å²) in [6.45, 7) is 13.3. The molecule has 1 rings (SSSR count). The maximum absolute atomic E-state index is 4.15. The first-order valence-electron chi connectivity index (χ1n) is 6.91. The number of nitrogens with one attached hydrogen (secondary N) is 1. The second-order valence-corrected chi connectivity index (χ2v) is 5.39. The van der Waals surface area contributed by atoms with E-state index in [9.17, 15) is 0 Å². The standard InChI is InChI=1S/C15H27N3/c1-12(2)18(13(3)4)10-9-17-14(5)15-7-6-8-16-11-15/h6-8,11-14,17H,9-10H2,1-5H3. The summed E-state index contributed by atoms with van der Waals surface area (Å²) in [5.74, 6) is 0. The van der Waals surface area contributed by atoms with Crippen LogP contribution < -0.4 is 5.32 Å². The van der Waals surface area contributed by atoms with Crippen LogP contribution in [0.25, 0.3) is 0 Å². The maximum atomic E-state index is 4.15. The molecule has 0 aliphatic carbocycles. The zero-order valence-corrected chi connectivity index (χ0v) is 12.4. The fourth-order valence-corrected chi connectivity index (χ4v) is 2.27. The minimum atomic E-state index is 0.361. The van der Waals surface area contributed by atoms with Gasteiger partial charge in [0.25, 0.3) is 0 Å². The molecule has 0 aliphatic rings. The van der Waals surface area contributed by atoms with Crippen LogP contribution in [0.3, 0.4) is 0 Å². The lowest BCUT2D eigenvalue weighted by Gasteiger charge is -2.31. The molecule has 1 heterocycles. The van der Waals surface area contributed by atoms with Crippen molar-refractivity contribution in [3.05, 3.63) is 30.1 Å². The molecule has 1 atom stereocenters. The Bertz CT molecular complexity index is 314. The van der Waals surface area contributed by atoms with Gasteiger partial charge in [0.15, 0.2) is 0 Å². The molecule has 1 unspecified atom stereocenters. The van der Waals surface area contributed by atoms with E-state index in [1.165, 1.54) is 5.56 Å². The summed E-state index contributed by atoms with van der Waals surface area (Å²) in [7, 11) is 0. The summed E-state index contributed by atoms with van der Waals surface area (Å²) < 4.78 is 0. The van der Waals surface area contributed by atoms with Gasteiger partial charge in [-0.05, 0) is 46.2 Å². The van der Waals surface area contributed by atoms with Crippen LogP contribution in [-0.4, -0.2) is 35.1 Å². The molecule has 0 spiro atoms. The second-order valence-electron chi connectivity index (χ2n) is 5.39. The van der Waals surface area contributed by atoms with Gasteiger partial charge in [-0.1, -0.05) is 6.07 Å². The van der Waals surface area contributed by atoms with Crippen LogP contribution in [0.1, 0.15) is 46.2 Å². The third kappa shape index (κ3) is 4.75. The third-order valence-corrected chi connectivity index (χ3v) is 3.33. The first-order chi connectivity index (χ1) is 8.52. The zero-order chi connectivity index (χ0) is 13.5. The van der Waals surface area contributed by atoms with Crippen molar-refractivity contribution in [3.63, 3.8) is 0 Å². The number of rotatable bonds is 7. The Morgan fingerprint density at radius 1 is 1.17 bits per heavy atom. The van der Waals surface area contributed by atoms with E-state index >= 15 is 0 Å². The van der Waals surface area contributed by atoms with Gasteiger partial charge in [0.2, 0.25) is 0 Å². The average molecular weight is 249 g/mol. The Labute approximate surface area is 112 Å². The van der Waals surface area contributed by atoms with Crippen molar-refractivity contribution in [1.82, 2.24) is 15.2 Å². The smallest absolute Gasteiger partial charge is 0.0315 e. The Balaban J connectivity index is 2.37. The van der Waals surface area contributed by atoms with Crippen LogP contribution in [0.5, 0.6) is 0 Å². The van der Waals surface area contributed by atoms with Crippen LogP contribution in [0, 0.1) is 0 Å². The van der Waals surface area contributed by atoms with Gasteiger partial charge in [-0.2, -0.15) is 0 Å². The van der Waals surface area contributed by atoms with E-state index in [2.05, 4.69) is 55.9 Å². The normalized spacial score (nSPS) is 13.6. The molecular formula is C15H27N3. The quantitative estimate of drug-likeness (QED) is 0.805. The molecule has 0 aromatic carbocycles. The highest BCUT2D eigenvalue weighted by atomic mass is 15.2. The molecule has 102 valence electrons. The lowest BCUT2D eigenvalue weighted by atomic mass is 10.1.